The normalized spacial score (nSPS) is 9.89. The summed E-state index contributed by atoms with van der Waals surface area (Å²) in [5, 5.41) is 12.0. The van der Waals surface area contributed by atoms with Crippen molar-refractivity contribution >= 4 is 11.5 Å². The topological polar surface area (TPSA) is 74.7 Å². The number of nitrogens with two attached hydrogens (primary N) is 1. The minimum Gasteiger partial charge on any atom is -0.396 e. The van der Waals surface area contributed by atoms with Gasteiger partial charge in [0.15, 0.2) is 5.69 Å². The van der Waals surface area contributed by atoms with Gasteiger partial charge < -0.3 is 11.1 Å². The van der Waals surface area contributed by atoms with E-state index in [1.165, 1.54) is 11.1 Å². The number of anilines is 2. The van der Waals surface area contributed by atoms with Gasteiger partial charge in [-0.1, -0.05) is 31.2 Å². The molecule has 0 fully saturated rings. The molecular weight excluding hydrogens is 236 g/mol. The van der Waals surface area contributed by atoms with Crippen molar-refractivity contribution in [2.75, 3.05) is 11.1 Å². The van der Waals surface area contributed by atoms with Crippen LogP contribution in [0.5, 0.6) is 0 Å². The fourth-order valence-electron chi connectivity index (χ4n) is 1.74. The predicted octanol–water partition coefficient (Wildman–Crippen LogP) is 2.71. The van der Waals surface area contributed by atoms with Gasteiger partial charge in [0.2, 0.25) is 0 Å². The van der Waals surface area contributed by atoms with Crippen LogP contribution < -0.4 is 11.1 Å². The first-order valence-corrected chi connectivity index (χ1v) is 6.21. The molecule has 1 aromatic carbocycles. The summed E-state index contributed by atoms with van der Waals surface area (Å²) < 4.78 is 0. The Balaban J connectivity index is 2.04. The van der Waals surface area contributed by atoms with E-state index in [9.17, 15) is 0 Å². The molecule has 0 radical (unpaired) electrons. The number of hydrogen-bond donors (Lipinski definition) is 2. The summed E-state index contributed by atoms with van der Waals surface area (Å²) in [4.78, 5) is 4.14. The maximum absolute atomic E-state index is 8.87. The lowest BCUT2D eigenvalue weighted by molar-refractivity contribution is 1.09. The van der Waals surface area contributed by atoms with Gasteiger partial charge in [-0.25, -0.2) is 4.98 Å². The van der Waals surface area contributed by atoms with Crippen LogP contribution in [0.2, 0.25) is 0 Å². The van der Waals surface area contributed by atoms with Crippen molar-refractivity contribution in [3.05, 3.63) is 53.2 Å². The Kier molecular flexibility index (Phi) is 3.99. The molecule has 2 aromatic rings. The molecule has 0 atom stereocenters. The van der Waals surface area contributed by atoms with E-state index in [0.717, 1.165) is 6.42 Å². The number of benzene rings is 1. The minimum atomic E-state index is 0.256. The molecule has 1 aromatic heterocycles. The van der Waals surface area contributed by atoms with Gasteiger partial charge >= 0.3 is 0 Å². The zero-order valence-electron chi connectivity index (χ0n) is 10.9. The van der Waals surface area contributed by atoms with Crippen LogP contribution in [0, 0.1) is 11.3 Å². The largest absolute Gasteiger partial charge is 0.396 e. The second-order valence-electron chi connectivity index (χ2n) is 4.27. The van der Waals surface area contributed by atoms with Gasteiger partial charge in [-0.15, -0.1) is 0 Å². The molecule has 0 saturated carbocycles. The van der Waals surface area contributed by atoms with Gasteiger partial charge in [0.25, 0.3) is 0 Å². The SMILES string of the molecule is CCc1ccc(CNc2ccc(N)c(C#N)n2)cc1. The Labute approximate surface area is 112 Å². The third-order valence-electron chi connectivity index (χ3n) is 2.94. The van der Waals surface area contributed by atoms with E-state index < -0.39 is 0 Å². The van der Waals surface area contributed by atoms with E-state index in [1.807, 2.05) is 6.07 Å². The zero-order chi connectivity index (χ0) is 13.7. The van der Waals surface area contributed by atoms with Crippen LogP contribution in [-0.4, -0.2) is 4.98 Å². The quantitative estimate of drug-likeness (QED) is 0.877. The lowest BCUT2D eigenvalue weighted by Crippen LogP contribution is -2.03. The third-order valence-corrected chi connectivity index (χ3v) is 2.94. The number of aromatic nitrogens is 1. The number of pyridine rings is 1. The molecule has 0 unspecified atom stereocenters. The molecule has 1 heterocycles. The lowest BCUT2D eigenvalue weighted by atomic mass is 10.1. The highest BCUT2D eigenvalue weighted by Crippen LogP contribution is 2.13. The number of hydrogen-bond acceptors (Lipinski definition) is 4. The van der Waals surface area contributed by atoms with Crippen LogP contribution in [0.4, 0.5) is 11.5 Å². The van der Waals surface area contributed by atoms with Crippen LogP contribution in [0.1, 0.15) is 23.7 Å². The summed E-state index contributed by atoms with van der Waals surface area (Å²) in [6.45, 7) is 2.81. The fourth-order valence-corrected chi connectivity index (χ4v) is 1.74. The van der Waals surface area contributed by atoms with Crippen LogP contribution in [0.3, 0.4) is 0 Å². The van der Waals surface area contributed by atoms with E-state index >= 15 is 0 Å². The average Bonchev–Trinajstić information content (AvgIpc) is 2.47. The Morgan fingerprint density at radius 1 is 1.16 bits per heavy atom. The summed E-state index contributed by atoms with van der Waals surface area (Å²) >= 11 is 0. The minimum absolute atomic E-state index is 0.256. The van der Waals surface area contributed by atoms with E-state index in [0.29, 0.717) is 18.1 Å². The van der Waals surface area contributed by atoms with E-state index in [4.69, 9.17) is 11.0 Å². The second kappa shape index (κ2) is 5.87. The molecule has 0 saturated heterocycles. The van der Waals surface area contributed by atoms with E-state index in [2.05, 4.69) is 41.5 Å². The summed E-state index contributed by atoms with van der Waals surface area (Å²) in [5.74, 6) is 0.658. The van der Waals surface area contributed by atoms with Gasteiger partial charge in [0.05, 0.1) is 5.69 Å². The van der Waals surface area contributed by atoms with Gasteiger partial charge in [0, 0.05) is 6.54 Å². The molecule has 4 heteroatoms. The molecular formula is C15H16N4. The standard InChI is InChI=1S/C15H16N4/c1-2-11-3-5-12(6-4-11)10-18-15-8-7-13(17)14(9-16)19-15/h3-8H,2,10,17H2,1H3,(H,18,19). The Morgan fingerprint density at radius 2 is 1.84 bits per heavy atom. The highest BCUT2D eigenvalue weighted by molar-refractivity contribution is 5.54. The average molecular weight is 252 g/mol. The molecule has 4 nitrogen and oxygen atoms in total. The molecule has 0 aliphatic heterocycles. The molecule has 19 heavy (non-hydrogen) atoms. The molecule has 3 N–H and O–H groups in total. The summed E-state index contributed by atoms with van der Waals surface area (Å²) in [7, 11) is 0. The van der Waals surface area contributed by atoms with Gasteiger partial charge in [0.1, 0.15) is 11.9 Å². The summed E-state index contributed by atoms with van der Waals surface area (Å²) in [6, 6.07) is 13.9. The Morgan fingerprint density at radius 3 is 2.47 bits per heavy atom. The van der Waals surface area contributed by atoms with Crippen molar-refractivity contribution < 1.29 is 0 Å². The molecule has 0 bridgehead atoms. The van der Waals surface area contributed by atoms with Crippen LogP contribution >= 0.6 is 0 Å². The Bertz CT molecular complexity index is 597. The molecule has 96 valence electrons. The summed E-state index contributed by atoms with van der Waals surface area (Å²) in [5.41, 5.74) is 8.78. The zero-order valence-corrected chi connectivity index (χ0v) is 10.9. The number of nitrogens with one attached hydrogen (secondary N) is 1. The van der Waals surface area contributed by atoms with Crippen molar-refractivity contribution in [1.29, 1.82) is 5.26 Å². The fraction of sp³-hybridized carbons (Fsp3) is 0.200. The van der Waals surface area contributed by atoms with Crippen molar-refractivity contribution in [2.24, 2.45) is 0 Å². The van der Waals surface area contributed by atoms with Crippen molar-refractivity contribution in [3.63, 3.8) is 0 Å². The van der Waals surface area contributed by atoms with Gasteiger partial charge in [-0.05, 0) is 29.7 Å². The number of rotatable bonds is 4. The number of nitriles is 1. The molecule has 0 aliphatic rings. The first-order valence-electron chi connectivity index (χ1n) is 6.21. The number of nitrogens with zero attached hydrogens (tertiary/aromatic N) is 2. The van der Waals surface area contributed by atoms with Crippen LogP contribution in [-0.2, 0) is 13.0 Å². The monoisotopic (exact) mass is 252 g/mol. The van der Waals surface area contributed by atoms with Gasteiger partial charge in [-0.3, -0.25) is 0 Å². The van der Waals surface area contributed by atoms with E-state index in [1.54, 1.807) is 12.1 Å². The highest BCUT2D eigenvalue weighted by Gasteiger charge is 2.02. The molecule has 0 amide bonds. The molecule has 2 rings (SSSR count). The maximum Gasteiger partial charge on any atom is 0.165 e. The van der Waals surface area contributed by atoms with Crippen molar-refractivity contribution in [1.82, 2.24) is 4.98 Å². The van der Waals surface area contributed by atoms with E-state index in [-0.39, 0.29) is 5.69 Å². The maximum atomic E-state index is 8.87. The molecule has 0 spiro atoms. The van der Waals surface area contributed by atoms with Crippen LogP contribution in [0.15, 0.2) is 36.4 Å². The van der Waals surface area contributed by atoms with Gasteiger partial charge in [-0.2, -0.15) is 5.26 Å². The van der Waals surface area contributed by atoms with Crippen molar-refractivity contribution in [2.45, 2.75) is 19.9 Å². The lowest BCUT2D eigenvalue weighted by Gasteiger charge is -2.07. The second-order valence-corrected chi connectivity index (χ2v) is 4.27. The summed E-state index contributed by atoms with van der Waals surface area (Å²) in [6.07, 6.45) is 1.04. The number of aryl methyl sites for hydroxylation is 1. The molecule has 0 aliphatic carbocycles. The highest BCUT2D eigenvalue weighted by atomic mass is 15.0. The van der Waals surface area contributed by atoms with Crippen molar-refractivity contribution in [3.8, 4) is 6.07 Å². The third kappa shape index (κ3) is 3.23. The predicted molar refractivity (Wildman–Crippen MR) is 76.5 cm³/mol. The first-order chi connectivity index (χ1) is 9.22. The Hall–Kier alpha value is -2.54. The number of nitrogen functional groups attached to an aromatic ring is 1. The smallest absolute Gasteiger partial charge is 0.165 e. The van der Waals surface area contributed by atoms with Crippen LogP contribution in [0.25, 0.3) is 0 Å². The first kappa shape index (κ1) is 12.9.